The second-order valence-electron chi connectivity index (χ2n) is 3.50. The average Bonchev–Trinajstić information content (AvgIpc) is 2.38. The molecular formula is C13H8Cl2N2O. The van der Waals surface area contributed by atoms with Crippen molar-refractivity contribution in [1.82, 2.24) is 4.98 Å². The topological polar surface area (TPSA) is 45.9 Å². The lowest BCUT2D eigenvalue weighted by Gasteiger charge is -2.06. The lowest BCUT2D eigenvalue weighted by atomic mass is 10.1. The third kappa shape index (κ3) is 2.40. The highest BCUT2D eigenvalue weighted by Gasteiger charge is 2.07. The van der Waals surface area contributed by atoms with Crippen LogP contribution in [0.5, 0.6) is 5.75 Å². The van der Waals surface area contributed by atoms with Gasteiger partial charge in [-0.2, -0.15) is 5.26 Å². The van der Waals surface area contributed by atoms with Gasteiger partial charge in [-0.15, -0.1) is 0 Å². The fourth-order valence-electron chi connectivity index (χ4n) is 1.50. The first-order valence-electron chi connectivity index (χ1n) is 5.06. The van der Waals surface area contributed by atoms with Crippen LogP contribution >= 0.6 is 23.2 Å². The van der Waals surface area contributed by atoms with Crippen molar-refractivity contribution in [2.75, 3.05) is 7.11 Å². The number of pyridine rings is 1. The number of hydrogen-bond donors (Lipinski definition) is 0. The Bertz CT molecular complexity index is 635. The lowest BCUT2D eigenvalue weighted by molar-refractivity contribution is 0.415. The van der Waals surface area contributed by atoms with E-state index in [0.717, 1.165) is 5.56 Å². The van der Waals surface area contributed by atoms with Crippen molar-refractivity contribution in [1.29, 1.82) is 5.26 Å². The maximum atomic E-state index is 8.78. The quantitative estimate of drug-likeness (QED) is 0.782. The Morgan fingerprint density at radius 3 is 2.56 bits per heavy atom. The molecule has 1 aromatic carbocycles. The Kier molecular flexibility index (Phi) is 3.71. The number of nitriles is 1. The fraction of sp³-hybridized carbons (Fsp3) is 0.0769. The van der Waals surface area contributed by atoms with Gasteiger partial charge in [0.25, 0.3) is 0 Å². The molecule has 3 nitrogen and oxygen atoms in total. The molecule has 1 aromatic heterocycles. The first-order chi connectivity index (χ1) is 8.65. The van der Waals surface area contributed by atoms with Crippen LogP contribution in [0.3, 0.4) is 0 Å². The van der Waals surface area contributed by atoms with Gasteiger partial charge in [0.2, 0.25) is 0 Å². The molecule has 0 atom stereocenters. The molecule has 0 saturated carbocycles. The third-order valence-electron chi connectivity index (χ3n) is 2.42. The van der Waals surface area contributed by atoms with Gasteiger partial charge in [0.1, 0.15) is 17.0 Å². The molecule has 1 heterocycles. The van der Waals surface area contributed by atoms with Crippen LogP contribution in [-0.4, -0.2) is 12.1 Å². The Morgan fingerprint density at radius 1 is 1.22 bits per heavy atom. The molecule has 2 aromatic rings. The number of hydrogen-bond acceptors (Lipinski definition) is 3. The second kappa shape index (κ2) is 5.26. The predicted octanol–water partition coefficient (Wildman–Crippen LogP) is 3.94. The van der Waals surface area contributed by atoms with Gasteiger partial charge in [-0.1, -0.05) is 23.2 Å². The largest absolute Gasteiger partial charge is 0.495 e. The zero-order valence-corrected chi connectivity index (χ0v) is 11.0. The summed E-state index contributed by atoms with van der Waals surface area (Å²) in [7, 11) is 1.55. The zero-order chi connectivity index (χ0) is 13.1. The predicted molar refractivity (Wildman–Crippen MR) is 71.0 cm³/mol. The summed E-state index contributed by atoms with van der Waals surface area (Å²) in [5.41, 5.74) is 1.82. The molecule has 0 fully saturated rings. The van der Waals surface area contributed by atoms with Crippen LogP contribution in [0.4, 0.5) is 0 Å². The zero-order valence-electron chi connectivity index (χ0n) is 9.45. The number of halogens is 2. The number of methoxy groups -OCH3 is 1. The van der Waals surface area contributed by atoms with Crippen molar-refractivity contribution in [2.24, 2.45) is 0 Å². The van der Waals surface area contributed by atoms with E-state index < -0.39 is 0 Å². The Labute approximate surface area is 115 Å². The normalized spacial score (nSPS) is 9.89. The van der Waals surface area contributed by atoms with E-state index in [-0.39, 0.29) is 5.15 Å². The fourth-order valence-corrected chi connectivity index (χ4v) is 1.96. The minimum atomic E-state index is 0.182. The van der Waals surface area contributed by atoms with E-state index >= 15 is 0 Å². The first-order valence-corrected chi connectivity index (χ1v) is 5.82. The van der Waals surface area contributed by atoms with Crippen LogP contribution in [0, 0.1) is 11.3 Å². The van der Waals surface area contributed by atoms with Crippen LogP contribution in [-0.2, 0) is 0 Å². The second-order valence-corrected chi connectivity index (χ2v) is 4.26. The van der Waals surface area contributed by atoms with Crippen molar-refractivity contribution in [3.8, 4) is 23.1 Å². The van der Waals surface area contributed by atoms with Crippen molar-refractivity contribution >= 4 is 23.2 Å². The van der Waals surface area contributed by atoms with Gasteiger partial charge in [-0.3, -0.25) is 0 Å². The van der Waals surface area contributed by atoms with Gasteiger partial charge >= 0.3 is 0 Å². The molecule has 0 spiro atoms. The Morgan fingerprint density at radius 2 is 2.00 bits per heavy atom. The van der Waals surface area contributed by atoms with Crippen LogP contribution < -0.4 is 4.74 Å². The van der Waals surface area contributed by atoms with Crippen LogP contribution in [0.15, 0.2) is 30.3 Å². The van der Waals surface area contributed by atoms with Crippen molar-refractivity contribution < 1.29 is 4.74 Å². The maximum Gasteiger partial charge on any atom is 0.147 e. The van der Waals surface area contributed by atoms with E-state index in [1.165, 1.54) is 0 Å². The molecular weight excluding hydrogens is 271 g/mol. The molecule has 5 heteroatoms. The summed E-state index contributed by atoms with van der Waals surface area (Å²) in [6, 6.07) is 10.6. The molecule has 0 unspecified atom stereocenters. The van der Waals surface area contributed by atoms with Crippen molar-refractivity contribution in [3.63, 3.8) is 0 Å². The van der Waals surface area contributed by atoms with Gasteiger partial charge in [-0.25, -0.2) is 4.98 Å². The SMILES string of the molecule is COc1ccc(-c2ccc(C#N)c(Cl)n2)cc1Cl. The lowest BCUT2D eigenvalue weighted by Crippen LogP contribution is -1.89. The summed E-state index contributed by atoms with van der Waals surface area (Å²) < 4.78 is 5.07. The number of ether oxygens (including phenoxy) is 1. The summed E-state index contributed by atoms with van der Waals surface area (Å²) in [6.07, 6.45) is 0. The van der Waals surface area contributed by atoms with E-state index in [1.807, 2.05) is 12.1 Å². The monoisotopic (exact) mass is 278 g/mol. The van der Waals surface area contributed by atoms with Crippen molar-refractivity contribution in [2.45, 2.75) is 0 Å². The van der Waals surface area contributed by atoms with Gasteiger partial charge in [0.05, 0.1) is 23.4 Å². The summed E-state index contributed by atoms with van der Waals surface area (Å²) in [5.74, 6) is 0.597. The molecule has 0 bridgehead atoms. The summed E-state index contributed by atoms with van der Waals surface area (Å²) in [4.78, 5) is 4.15. The molecule has 90 valence electrons. The van der Waals surface area contributed by atoms with Gasteiger partial charge in [0, 0.05) is 5.56 Å². The third-order valence-corrected chi connectivity index (χ3v) is 3.00. The van der Waals surface area contributed by atoms with Crippen molar-refractivity contribution in [3.05, 3.63) is 46.1 Å². The molecule has 0 N–H and O–H groups in total. The smallest absolute Gasteiger partial charge is 0.147 e. The van der Waals surface area contributed by atoms with E-state index in [9.17, 15) is 0 Å². The van der Waals surface area contributed by atoms with Gasteiger partial charge in [0.15, 0.2) is 0 Å². The number of nitrogens with zero attached hydrogens (tertiary/aromatic N) is 2. The minimum absolute atomic E-state index is 0.182. The number of rotatable bonds is 2. The number of aromatic nitrogens is 1. The molecule has 18 heavy (non-hydrogen) atoms. The molecule has 0 aliphatic carbocycles. The van der Waals surface area contributed by atoms with E-state index in [1.54, 1.807) is 31.4 Å². The van der Waals surface area contributed by atoms with Crippen LogP contribution in [0.2, 0.25) is 10.2 Å². The first kappa shape index (κ1) is 12.7. The maximum absolute atomic E-state index is 8.78. The highest BCUT2D eigenvalue weighted by Crippen LogP contribution is 2.30. The Hall–Kier alpha value is -1.76. The van der Waals surface area contributed by atoms with Crippen LogP contribution in [0.25, 0.3) is 11.3 Å². The number of benzene rings is 1. The Balaban J connectivity index is 2.46. The summed E-state index contributed by atoms with van der Waals surface area (Å²) >= 11 is 11.9. The minimum Gasteiger partial charge on any atom is -0.495 e. The highest BCUT2D eigenvalue weighted by molar-refractivity contribution is 6.32. The summed E-state index contributed by atoms with van der Waals surface area (Å²) in [5, 5.41) is 9.46. The molecule has 0 amide bonds. The van der Waals surface area contributed by atoms with Gasteiger partial charge < -0.3 is 4.74 Å². The highest BCUT2D eigenvalue weighted by atomic mass is 35.5. The molecule has 2 rings (SSSR count). The molecule has 0 aliphatic rings. The standard InChI is InChI=1S/C13H8Cl2N2O/c1-18-12-5-3-8(6-10(12)14)11-4-2-9(7-16)13(15)17-11/h2-6H,1H3. The molecule has 0 aliphatic heterocycles. The average molecular weight is 279 g/mol. The molecule has 0 radical (unpaired) electrons. The van der Waals surface area contributed by atoms with E-state index in [4.69, 9.17) is 33.2 Å². The summed E-state index contributed by atoms with van der Waals surface area (Å²) in [6.45, 7) is 0. The van der Waals surface area contributed by atoms with E-state index in [0.29, 0.717) is 22.0 Å². The van der Waals surface area contributed by atoms with Crippen LogP contribution in [0.1, 0.15) is 5.56 Å². The van der Waals surface area contributed by atoms with Gasteiger partial charge in [-0.05, 0) is 30.3 Å². The van der Waals surface area contributed by atoms with E-state index in [2.05, 4.69) is 4.98 Å². The molecule has 0 saturated heterocycles.